The monoisotopic (exact) mass is 251 g/mol. The molecular formula is C15H25NO2. The molecule has 3 nitrogen and oxygen atoms in total. The van der Waals surface area contributed by atoms with Crippen LogP contribution in [0.2, 0.25) is 0 Å². The summed E-state index contributed by atoms with van der Waals surface area (Å²) >= 11 is 0. The number of hydrogen-bond donors (Lipinski definition) is 1. The van der Waals surface area contributed by atoms with Crippen molar-refractivity contribution in [3.8, 4) is 11.5 Å². The van der Waals surface area contributed by atoms with Crippen LogP contribution >= 0.6 is 0 Å². The maximum absolute atomic E-state index is 5.77. The second-order valence-electron chi connectivity index (χ2n) is 5.50. The summed E-state index contributed by atoms with van der Waals surface area (Å²) in [6.07, 6.45) is 1.98. The molecule has 0 unspecified atom stereocenters. The third-order valence-corrected chi connectivity index (χ3v) is 3.42. The molecule has 3 heteroatoms. The number of ether oxygens (including phenoxy) is 2. The number of hydrogen-bond acceptors (Lipinski definition) is 3. The largest absolute Gasteiger partial charge is 0.496 e. The molecule has 102 valence electrons. The third-order valence-electron chi connectivity index (χ3n) is 3.42. The van der Waals surface area contributed by atoms with Gasteiger partial charge in [0.15, 0.2) is 0 Å². The number of methoxy groups -OCH3 is 2. The van der Waals surface area contributed by atoms with Gasteiger partial charge in [-0.05, 0) is 55.0 Å². The summed E-state index contributed by atoms with van der Waals surface area (Å²) in [7, 11) is 3.40. The van der Waals surface area contributed by atoms with Crippen LogP contribution in [0, 0.1) is 12.3 Å². The first-order valence-electron chi connectivity index (χ1n) is 6.35. The van der Waals surface area contributed by atoms with E-state index in [2.05, 4.69) is 19.9 Å². The highest BCUT2D eigenvalue weighted by atomic mass is 16.5. The van der Waals surface area contributed by atoms with Crippen molar-refractivity contribution in [1.29, 1.82) is 0 Å². The van der Waals surface area contributed by atoms with Crippen molar-refractivity contribution in [2.24, 2.45) is 11.1 Å². The number of nitrogens with two attached hydrogens (primary N) is 1. The van der Waals surface area contributed by atoms with Gasteiger partial charge < -0.3 is 15.2 Å². The summed E-state index contributed by atoms with van der Waals surface area (Å²) in [6.45, 7) is 7.09. The van der Waals surface area contributed by atoms with E-state index < -0.39 is 0 Å². The van der Waals surface area contributed by atoms with Crippen LogP contribution in [-0.4, -0.2) is 20.8 Å². The average molecular weight is 251 g/mol. The fourth-order valence-corrected chi connectivity index (χ4v) is 1.88. The van der Waals surface area contributed by atoms with Gasteiger partial charge in [-0.25, -0.2) is 0 Å². The normalized spacial score (nSPS) is 11.4. The van der Waals surface area contributed by atoms with Gasteiger partial charge in [-0.1, -0.05) is 13.8 Å². The first-order valence-corrected chi connectivity index (χ1v) is 6.35. The second-order valence-corrected chi connectivity index (χ2v) is 5.50. The maximum Gasteiger partial charge on any atom is 0.122 e. The molecule has 0 aliphatic carbocycles. The van der Waals surface area contributed by atoms with Crippen LogP contribution in [-0.2, 0) is 6.42 Å². The van der Waals surface area contributed by atoms with Crippen LogP contribution in [0.25, 0.3) is 0 Å². The highest BCUT2D eigenvalue weighted by Crippen LogP contribution is 2.31. The van der Waals surface area contributed by atoms with Gasteiger partial charge in [-0.2, -0.15) is 0 Å². The first-order chi connectivity index (χ1) is 8.43. The van der Waals surface area contributed by atoms with E-state index in [0.717, 1.165) is 29.9 Å². The standard InChI is InChI=1S/C15H25NO2/c1-11-8-14(18-5)12(9-13(11)17-4)6-7-15(2,3)10-16/h8-9H,6-7,10,16H2,1-5H3. The first kappa shape index (κ1) is 14.8. The average Bonchev–Trinajstić information content (AvgIpc) is 2.36. The molecule has 0 radical (unpaired) electrons. The highest BCUT2D eigenvalue weighted by molar-refractivity contribution is 5.46. The molecule has 2 N–H and O–H groups in total. The SMILES string of the molecule is COc1cc(CCC(C)(C)CN)c(OC)cc1C. The predicted octanol–water partition coefficient (Wildman–Crippen LogP) is 2.93. The maximum atomic E-state index is 5.77. The van der Waals surface area contributed by atoms with Gasteiger partial charge in [0.25, 0.3) is 0 Å². The Bertz CT molecular complexity index is 400. The lowest BCUT2D eigenvalue weighted by Gasteiger charge is -2.23. The van der Waals surface area contributed by atoms with Crippen molar-refractivity contribution in [3.05, 3.63) is 23.3 Å². The van der Waals surface area contributed by atoms with Crippen molar-refractivity contribution < 1.29 is 9.47 Å². The molecule has 0 amide bonds. The highest BCUT2D eigenvalue weighted by Gasteiger charge is 2.17. The van der Waals surface area contributed by atoms with Gasteiger partial charge in [0.05, 0.1) is 14.2 Å². The fourth-order valence-electron chi connectivity index (χ4n) is 1.88. The van der Waals surface area contributed by atoms with E-state index in [1.165, 1.54) is 5.56 Å². The van der Waals surface area contributed by atoms with Gasteiger partial charge in [-0.3, -0.25) is 0 Å². The Morgan fingerprint density at radius 2 is 1.72 bits per heavy atom. The number of aryl methyl sites for hydroxylation is 2. The quantitative estimate of drug-likeness (QED) is 0.845. The minimum atomic E-state index is 0.156. The molecule has 0 bridgehead atoms. The minimum Gasteiger partial charge on any atom is -0.496 e. The van der Waals surface area contributed by atoms with Crippen LogP contribution in [0.15, 0.2) is 12.1 Å². The molecule has 0 aromatic heterocycles. The van der Waals surface area contributed by atoms with E-state index in [1.54, 1.807) is 14.2 Å². The van der Waals surface area contributed by atoms with Gasteiger partial charge in [0, 0.05) is 0 Å². The smallest absolute Gasteiger partial charge is 0.122 e. The molecule has 0 fully saturated rings. The van der Waals surface area contributed by atoms with E-state index in [0.29, 0.717) is 6.54 Å². The zero-order valence-corrected chi connectivity index (χ0v) is 12.2. The Kier molecular flexibility index (Phi) is 5.03. The summed E-state index contributed by atoms with van der Waals surface area (Å²) in [4.78, 5) is 0. The van der Waals surface area contributed by atoms with E-state index in [9.17, 15) is 0 Å². The summed E-state index contributed by atoms with van der Waals surface area (Å²) in [5.74, 6) is 1.84. The fraction of sp³-hybridized carbons (Fsp3) is 0.600. The van der Waals surface area contributed by atoms with Crippen molar-refractivity contribution in [2.75, 3.05) is 20.8 Å². The Morgan fingerprint density at radius 3 is 2.22 bits per heavy atom. The zero-order chi connectivity index (χ0) is 13.8. The van der Waals surface area contributed by atoms with Gasteiger partial charge in [0.1, 0.15) is 11.5 Å². The molecule has 1 aromatic carbocycles. The molecule has 1 aromatic rings. The summed E-state index contributed by atoms with van der Waals surface area (Å²) in [5, 5.41) is 0. The lowest BCUT2D eigenvalue weighted by atomic mass is 9.86. The predicted molar refractivity (Wildman–Crippen MR) is 75.4 cm³/mol. The van der Waals surface area contributed by atoms with E-state index in [-0.39, 0.29) is 5.41 Å². The van der Waals surface area contributed by atoms with Crippen LogP contribution in [0.1, 0.15) is 31.4 Å². The Balaban J connectivity index is 2.93. The minimum absolute atomic E-state index is 0.156. The molecular weight excluding hydrogens is 226 g/mol. The van der Waals surface area contributed by atoms with Gasteiger partial charge >= 0.3 is 0 Å². The topological polar surface area (TPSA) is 44.5 Å². The Hall–Kier alpha value is -1.22. The van der Waals surface area contributed by atoms with Crippen LogP contribution in [0.3, 0.4) is 0 Å². The van der Waals surface area contributed by atoms with Crippen molar-refractivity contribution in [2.45, 2.75) is 33.6 Å². The molecule has 0 aliphatic rings. The molecule has 18 heavy (non-hydrogen) atoms. The Labute approximate surface area is 110 Å². The molecule has 0 saturated carbocycles. The van der Waals surface area contributed by atoms with E-state index in [4.69, 9.17) is 15.2 Å². The molecule has 0 spiro atoms. The number of benzene rings is 1. The number of rotatable bonds is 6. The van der Waals surface area contributed by atoms with Gasteiger partial charge in [-0.15, -0.1) is 0 Å². The third kappa shape index (κ3) is 3.64. The second kappa shape index (κ2) is 6.10. The zero-order valence-electron chi connectivity index (χ0n) is 12.2. The molecule has 1 rings (SSSR count). The van der Waals surface area contributed by atoms with Crippen molar-refractivity contribution in [1.82, 2.24) is 0 Å². The van der Waals surface area contributed by atoms with Crippen molar-refractivity contribution >= 4 is 0 Å². The molecule has 0 atom stereocenters. The summed E-state index contributed by atoms with van der Waals surface area (Å²) in [6, 6.07) is 4.10. The molecule has 0 saturated heterocycles. The van der Waals surface area contributed by atoms with E-state index in [1.807, 2.05) is 13.0 Å². The van der Waals surface area contributed by atoms with Crippen molar-refractivity contribution in [3.63, 3.8) is 0 Å². The van der Waals surface area contributed by atoms with Crippen LogP contribution in [0.4, 0.5) is 0 Å². The summed E-state index contributed by atoms with van der Waals surface area (Å²) < 4.78 is 10.8. The lowest BCUT2D eigenvalue weighted by molar-refractivity contribution is 0.342. The summed E-state index contributed by atoms with van der Waals surface area (Å²) in [5.41, 5.74) is 8.20. The Morgan fingerprint density at radius 1 is 1.11 bits per heavy atom. The van der Waals surface area contributed by atoms with Crippen LogP contribution < -0.4 is 15.2 Å². The molecule has 0 aliphatic heterocycles. The van der Waals surface area contributed by atoms with Gasteiger partial charge in [0.2, 0.25) is 0 Å². The lowest BCUT2D eigenvalue weighted by Crippen LogP contribution is -2.24. The molecule has 0 heterocycles. The van der Waals surface area contributed by atoms with E-state index >= 15 is 0 Å². The van der Waals surface area contributed by atoms with Crippen LogP contribution in [0.5, 0.6) is 11.5 Å².